The second kappa shape index (κ2) is 4.70. The Labute approximate surface area is 81.1 Å². The molecule has 0 bridgehead atoms. The molecule has 82 valence electrons. The van der Waals surface area contributed by atoms with Gasteiger partial charge in [-0.15, -0.1) is 0 Å². The maximum absolute atomic E-state index is 10.6. The van der Waals surface area contributed by atoms with Crippen LogP contribution in [0.2, 0.25) is 0 Å². The Bertz CT molecular complexity index is 206. The molecule has 0 amide bonds. The number of aliphatic hydroxyl groups is 3. The van der Waals surface area contributed by atoms with Gasteiger partial charge in [0.1, 0.15) is 18.3 Å². The Hall–Kier alpha value is -0.690. The van der Waals surface area contributed by atoms with Crippen molar-refractivity contribution in [2.45, 2.75) is 31.3 Å². The number of hydrogen-bond acceptors (Lipinski definition) is 6. The van der Waals surface area contributed by atoms with Crippen molar-refractivity contribution in [3.63, 3.8) is 0 Å². The molecule has 0 aliphatic carbocycles. The normalized spacial score (nSPS) is 38.0. The van der Waals surface area contributed by atoms with Crippen molar-refractivity contribution < 1.29 is 29.6 Å². The molecular formula is C8H14O6. The van der Waals surface area contributed by atoms with Gasteiger partial charge >= 0.3 is 5.97 Å². The summed E-state index contributed by atoms with van der Waals surface area (Å²) in [7, 11) is 0. The molecule has 0 spiro atoms. The van der Waals surface area contributed by atoms with E-state index in [0.29, 0.717) is 0 Å². The second-order valence-electron chi connectivity index (χ2n) is 3.18. The van der Waals surface area contributed by atoms with Crippen molar-refractivity contribution in [3.8, 4) is 0 Å². The van der Waals surface area contributed by atoms with Crippen molar-refractivity contribution in [3.05, 3.63) is 0 Å². The average Bonchev–Trinajstić information content (AvgIpc) is 2.13. The van der Waals surface area contributed by atoms with Crippen LogP contribution in [0.4, 0.5) is 0 Å². The number of hydrogen-bond donors (Lipinski definition) is 3. The SMILES string of the molecule is CC(=O)O[C@H]1CO[C@H](CO)[C@H](O)[C@@H]1O. The molecule has 3 N–H and O–H groups in total. The van der Waals surface area contributed by atoms with E-state index in [0.717, 1.165) is 0 Å². The van der Waals surface area contributed by atoms with E-state index in [1.165, 1.54) is 6.92 Å². The molecule has 14 heavy (non-hydrogen) atoms. The predicted molar refractivity (Wildman–Crippen MR) is 44.4 cm³/mol. The van der Waals surface area contributed by atoms with E-state index >= 15 is 0 Å². The van der Waals surface area contributed by atoms with Gasteiger partial charge in [0, 0.05) is 6.92 Å². The largest absolute Gasteiger partial charge is 0.457 e. The summed E-state index contributed by atoms with van der Waals surface area (Å²) in [5, 5.41) is 27.6. The van der Waals surface area contributed by atoms with Crippen molar-refractivity contribution in [2.24, 2.45) is 0 Å². The van der Waals surface area contributed by atoms with E-state index in [1.54, 1.807) is 0 Å². The highest BCUT2D eigenvalue weighted by Gasteiger charge is 2.39. The number of carbonyl (C=O) groups excluding carboxylic acids is 1. The minimum absolute atomic E-state index is 0.0248. The van der Waals surface area contributed by atoms with Gasteiger partial charge in [-0.05, 0) is 0 Å². The summed E-state index contributed by atoms with van der Waals surface area (Å²) in [6.07, 6.45) is -4.15. The molecule has 1 aliphatic rings. The van der Waals surface area contributed by atoms with Gasteiger partial charge < -0.3 is 24.8 Å². The highest BCUT2D eigenvalue weighted by atomic mass is 16.6. The third kappa shape index (κ3) is 2.42. The summed E-state index contributed by atoms with van der Waals surface area (Å²) in [6, 6.07) is 0. The number of carbonyl (C=O) groups is 1. The standard InChI is InChI=1S/C8H14O6/c1-4(10)14-6-3-13-5(2-9)7(11)8(6)12/h5-9,11-12H,2-3H2,1H3/t5-,6+,7+,8-/m1/s1. The van der Waals surface area contributed by atoms with Crippen LogP contribution in [0.15, 0.2) is 0 Å². The zero-order valence-electron chi connectivity index (χ0n) is 7.79. The maximum atomic E-state index is 10.6. The molecule has 6 heteroatoms. The average molecular weight is 206 g/mol. The van der Waals surface area contributed by atoms with Crippen LogP contribution in [0.1, 0.15) is 6.92 Å². The minimum atomic E-state index is -1.24. The molecule has 0 aromatic rings. The highest BCUT2D eigenvalue weighted by Crippen LogP contribution is 2.17. The quantitative estimate of drug-likeness (QED) is 0.454. The van der Waals surface area contributed by atoms with Crippen molar-refractivity contribution in [2.75, 3.05) is 13.2 Å². The van der Waals surface area contributed by atoms with Gasteiger partial charge in [0.2, 0.25) is 0 Å². The van der Waals surface area contributed by atoms with E-state index in [9.17, 15) is 15.0 Å². The Morgan fingerprint density at radius 1 is 1.50 bits per heavy atom. The third-order valence-electron chi connectivity index (χ3n) is 2.08. The molecular weight excluding hydrogens is 192 g/mol. The molecule has 0 aromatic heterocycles. The smallest absolute Gasteiger partial charge is 0.303 e. The van der Waals surface area contributed by atoms with E-state index in [4.69, 9.17) is 14.6 Å². The molecule has 1 fully saturated rings. The van der Waals surface area contributed by atoms with Crippen LogP contribution in [0.5, 0.6) is 0 Å². The number of rotatable bonds is 2. The summed E-state index contributed by atoms with van der Waals surface area (Å²) in [4.78, 5) is 10.6. The first-order valence-electron chi connectivity index (χ1n) is 4.32. The molecule has 0 aromatic carbocycles. The molecule has 0 unspecified atom stereocenters. The summed E-state index contributed by atoms with van der Waals surface area (Å²) >= 11 is 0. The van der Waals surface area contributed by atoms with Crippen LogP contribution >= 0.6 is 0 Å². The summed E-state index contributed by atoms with van der Waals surface area (Å²) in [5.41, 5.74) is 0. The van der Waals surface area contributed by atoms with Gasteiger partial charge in [0.15, 0.2) is 6.10 Å². The summed E-state index contributed by atoms with van der Waals surface area (Å²) in [5.74, 6) is -0.549. The Morgan fingerprint density at radius 2 is 2.14 bits per heavy atom. The Morgan fingerprint density at radius 3 is 2.64 bits per heavy atom. The van der Waals surface area contributed by atoms with Gasteiger partial charge in [-0.25, -0.2) is 0 Å². The molecule has 1 rings (SSSR count). The monoisotopic (exact) mass is 206 g/mol. The zero-order valence-corrected chi connectivity index (χ0v) is 7.79. The van der Waals surface area contributed by atoms with Crippen molar-refractivity contribution in [1.82, 2.24) is 0 Å². The first kappa shape index (κ1) is 11.4. The number of esters is 1. The van der Waals surface area contributed by atoms with E-state index in [-0.39, 0.29) is 13.2 Å². The second-order valence-corrected chi connectivity index (χ2v) is 3.18. The number of aliphatic hydroxyl groups excluding tert-OH is 3. The van der Waals surface area contributed by atoms with Crippen LogP contribution in [0.25, 0.3) is 0 Å². The molecule has 4 atom stereocenters. The van der Waals surface area contributed by atoms with Crippen molar-refractivity contribution >= 4 is 5.97 Å². The molecule has 6 nitrogen and oxygen atoms in total. The van der Waals surface area contributed by atoms with Crippen LogP contribution in [0.3, 0.4) is 0 Å². The van der Waals surface area contributed by atoms with Gasteiger partial charge in [-0.2, -0.15) is 0 Å². The summed E-state index contributed by atoms with van der Waals surface area (Å²) in [6.45, 7) is 0.797. The zero-order chi connectivity index (χ0) is 10.7. The summed E-state index contributed by atoms with van der Waals surface area (Å²) < 4.78 is 9.70. The van der Waals surface area contributed by atoms with Crippen LogP contribution < -0.4 is 0 Å². The first-order chi connectivity index (χ1) is 6.56. The van der Waals surface area contributed by atoms with Gasteiger partial charge in [0.05, 0.1) is 13.2 Å². The van der Waals surface area contributed by atoms with Crippen LogP contribution in [-0.4, -0.2) is 58.9 Å². The fourth-order valence-electron chi connectivity index (χ4n) is 1.33. The van der Waals surface area contributed by atoms with Gasteiger partial charge in [0.25, 0.3) is 0 Å². The highest BCUT2D eigenvalue weighted by molar-refractivity contribution is 5.66. The lowest BCUT2D eigenvalue weighted by Gasteiger charge is -2.36. The lowest BCUT2D eigenvalue weighted by molar-refractivity contribution is -0.209. The number of ether oxygens (including phenoxy) is 2. The molecule has 0 radical (unpaired) electrons. The Kier molecular flexibility index (Phi) is 3.82. The minimum Gasteiger partial charge on any atom is -0.457 e. The van der Waals surface area contributed by atoms with E-state index in [1.807, 2.05) is 0 Å². The van der Waals surface area contributed by atoms with E-state index < -0.39 is 30.4 Å². The van der Waals surface area contributed by atoms with E-state index in [2.05, 4.69) is 0 Å². The topological polar surface area (TPSA) is 96.2 Å². The van der Waals surface area contributed by atoms with Gasteiger partial charge in [-0.1, -0.05) is 0 Å². The van der Waals surface area contributed by atoms with Crippen LogP contribution in [0, 0.1) is 0 Å². The first-order valence-corrected chi connectivity index (χ1v) is 4.32. The molecule has 1 heterocycles. The Balaban J connectivity index is 2.54. The predicted octanol–water partition coefficient (Wildman–Crippen LogP) is -1.97. The maximum Gasteiger partial charge on any atom is 0.303 e. The van der Waals surface area contributed by atoms with Gasteiger partial charge in [-0.3, -0.25) is 4.79 Å². The van der Waals surface area contributed by atoms with Crippen LogP contribution in [-0.2, 0) is 14.3 Å². The third-order valence-corrected chi connectivity index (χ3v) is 2.08. The fraction of sp³-hybridized carbons (Fsp3) is 0.875. The lowest BCUT2D eigenvalue weighted by atomic mass is 10.0. The lowest BCUT2D eigenvalue weighted by Crippen LogP contribution is -2.55. The molecule has 1 saturated heterocycles. The fourth-order valence-corrected chi connectivity index (χ4v) is 1.33. The van der Waals surface area contributed by atoms with Crippen molar-refractivity contribution in [1.29, 1.82) is 0 Å². The molecule has 1 aliphatic heterocycles. The molecule has 0 saturated carbocycles.